The van der Waals surface area contributed by atoms with Crippen LogP contribution in [0.4, 0.5) is 17.3 Å². The normalized spacial score (nSPS) is 10.1. The molecule has 148 valence electrons. The zero-order valence-electron chi connectivity index (χ0n) is 16.3. The van der Waals surface area contributed by atoms with Crippen LogP contribution in [0.2, 0.25) is 0 Å². The Bertz CT molecular complexity index is 1020. The zero-order chi connectivity index (χ0) is 20.6. The molecule has 0 aliphatic carbocycles. The molecule has 1 aromatic heterocycles. The fourth-order valence-corrected chi connectivity index (χ4v) is 2.49. The van der Waals surface area contributed by atoms with Crippen LogP contribution in [-0.4, -0.2) is 22.5 Å². The van der Waals surface area contributed by atoms with Gasteiger partial charge < -0.3 is 20.1 Å². The maximum absolute atomic E-state index is 11.5. The SMILES string of the molecule is C=CC(=O)Nc1cccc(Oc2nc(Nc3cccc(OCC)c3)ncc2C)c1. The Morgan fingerprint density at radius 3 is 2.62 bits per heavy atom. The lowest BCUT2D eigenvalue weighted by molar-refractivity contribution is -0.111. The zero-order valence-corrected chi connectivity index (χ0v) is 16.3. The number of benzene rings is 2. The summed E-state index contributed by atoms with van der Waals surface area (Å²) in [7, 11) is 0. The van der Waals surface area contributed by atoms with Crippen LogP contribution >= 0.6 is 0 Å². The molecule has 7 heteroatoms. The molecule has 0 saturated carbocycles. The maximum Gasteiger partial charge on any atom is 0.247 e. The number of hydrogen-bond donors (Lipinski definition) is 2. The molecule has 7 nitrogen and oxygen atoms in total. The van der Waals surface area contributed by atoms with E-state index in [-0.39, 0.29) is 5.91 Å². The van der Waals surface area contributed by atoms with Gasteiger partial charge in [0.1, 0.15) is 11.5 Å². The van der Waals surface area contributed by atoms with Crippen LogP contribution in [0.1, 0.15) is 12.5 Å². The van der Waals surface area contributed by atoms with E-state index in [9.17, 15) is 4.79 Å². The second kappa shape index (κ2) is 9.36. The van der Waals surface area contributed by atoms with Gasteiger partial charge in [-0.2, -0.15) is 4.98 Å². The first kappa shape index (κ1) is 19.9. The third-order valence-electron chi connectivity index (χ3n) is 3.83. The highest BCUT2D eigenvalue weighted by atomic mass is 16.5. The topological polar surface area (TPSA) is 85.4 Å². The third kappa shape index (κ3) is 5.55. The van der Waals surface area contributed by atoms with Crippen molar-refractivity contribution in [1.82, 2.24) is 9.97 Å². The smallest absolute Gasteiger partial charge is 0.247 e. The second-order valence-electron chi connectivity index (χ2n) is 6.09. The van der Waals surface area contributed by atoms with Crippen LogP contribution in [0.3, 0.4) is 0 Å². The summed E-state index contributed by atoms with van der Waals surface area (Å²) in [5.74, 6) is 1.82. The number of amides is 1. The van der Waals surface area contributed by atoms with Crippen molar-refractivity contribution in [3.8, 4) is 17.4 Å². The summed E-state index contributed by atoms with van der Waals surface area (Å²) in [6, 6.07) is 14.6. The number of aryl methyl sites for hydroxylation is 1. The van der Waals surface area contributed by atoms with Gasteiger partial charge in [-0.05, 0) is 44.2 Å². The standard InChI is InChI=1S/C22H22N4O3/c1-4-20(27)24-16-8-7-11-19(13-16)29-21-15(3)14-23-22(26-21)25-17-9-6-10-18(12-17)28-5-2/h4,6-14H,1,5H2,2-3H3,(H,24,27)(H,23,25,26). The third-order valence-corrected chi connectivity index (χ3v) is 3.83. The predicted octanol–water partition coefficient (Wildman–Crippen LogP) is 4.84. The van der Waals surface area contributed by atoms with Gasteiger partial charge in [0.05, 0.1) is 6.61 Å². The van der Waals surface area contributed by atoms with E-state index in [1.807, 2.05) is 38.1 Å². The van der Waals surface area contributed by atoms with Crippen molar-refractivity contribution in [3.05, 3.63) is 72.9 Å². The highest BCUT2D eigenvalue weighted by Gasteiger charge is 2.08. The molecule has 3 rings (SSSR count). The summed E-state index contributed by atoms with van der Waals surface area (Å²) >= 11 is 0. The van der Waals surface area contributed by atoms with E-state index >= 15 is 0 Å². The van der Waals surface area contributed by atoms with E-state index < -0.39 is 0 Å². The van der Waals surface area contributed by atoms with Gasteiger partial charge in [-0.3, -0.25) is 4.79 Å². The van der Waals surface area contributed by atoms with E-state index in [0.717, 1.165) is 17.0 Å². The Balaban J connectivity index is 1.77. The van der Waals surface area contributed by atoms with Gasteiger partial charge in [0.15, 0.2) is 0 Å². The molecule has 1 heterocycles. The van der Waals surface area contributed by atoms with Crippen LogP contribution in [0.5, 0.6) is 17.4 Å². The minimum Gasteiger partial charge on any atom is -0.494 e. The number of nitrogens with one attached hydrogen (secondary N) is 2. The first-order valence-electron chi connectivity index (χ1n) is 9.12. The van der Waals surface area contributed by atoms with Gasteiger partial charge in [0, 0.05) is 35.3 Å². The number of anilines is 3. The van der Waals surface area contributed by atoms with Gasteiger partial charge in [-0.15, -0.1) is 0 Å². The molecule has 0 fully saturated rings. The average molecular weight is 390 g/mol. The lowest BCUT2D eigenvalue weighted by atomic mass is 10.3. The van der Waals surface area contributed by atoms with E-state index in [0.29, 0.717) is 29.9 Å². The minimum atomic E-state index is -0.291. The van der Waals surface area contributed by atoms with Gasteiger partial charge in [-0.1, -0.05) is 18.7 Å². The molecular formula is C22H22N4O3. The molecule has 0 spiro atoms. The molecule has 0 atom stereocenters. The summed E-state index contributed by atoms with van der Waals surface area (Å²) < 4.78 is 11.4. The number of carbonyl (C=O) groups is 1. The minimum absolute atomic E-state index is 0.291. The molecule has 0 unspecified atom stereocenters. The van der Waals surface area contributed by atoms with Crippen molar-refractivity contribution in [3.63, 3.8) is 0 Å². The summed E-state index contributed by atoms with van der Waals surface area (Å²) in [5.41, 5.74) is 2.18. The summed E-state index contributed by atoms with van der Waals surface area (Å²) in [6.07, 6.45) is 2.89. The van der Waals surface area contributed by atoms with Gasteiger partial charge in [-0.25, -0.2) is 4.98 Å². The van der Waals surface area contributed by atoms with Crippen LogP contribution in [-0.2, 0) is 4.79 Å². The molecule has 2 N–H and O–H groups in total. The van der Waals surface area contributed by atoms with Crippen LogP contribution in [0, 0.1) is 6.92 Å². The summed E-state index contributed by atoms with van der Waals surface area (Å²) in [5, 5.41) is 5.85. The van der Waals surface area contributed by atoms with Crippen molar-refractivity contribution < 1.29 is 14.3 Å². The Morgan fingerprint density at radius 1 is 1.14 bits per heavy atom. The highest BCUT2D eigenvalue weighted by molar-refractivity contribution is 5.98. The number of aromatic nitrogens is 2. The van der Waals surface area contributed by atoms with Crippen molar-refractivity contribution >= 4 is 23.2 Å². The number of hydrogen-bond acceptors (Lipinski definition) is 6. The second-order valence-corrected chi connectivity index (χ2v) is 6.09. The molecule has 0 radical (unpaired) electrons. The van der Waals surface area contributed by atoms with Gasteiger partial charge in [0.2, 0.25) is 17.7 Å². The van der Waals surface area contributed by atoms with Crippen LogP contribution < -0.4 is 20.1 Å². The van der Waals surface area contributed by atoms with Gasteiger partial charge in [0.25, 0.3) is 0 Å². The summed E-state index contributed by atoms with van der Waals surface area (Å²) in [6.45, 7) is 7.83. The summed E-state index contributed by atoms with van der Waals surface area (Å²) in [4.78, 5) is 20.2. The molecular weight excluding hydrogens is 368 g/mol. The lowest BCUT2D eigenvalue weighted by Gasteiger charge is -2.12. The first-order valence-corrected chi connectivity index (χ1v) is 9.12. The van der Waals surface area contributed by atoms with Crippen molar-refractivity contribution in [2.24, 2.45) is 0 Å². The van der Waals surface area contributed by atoms with E-state index in [4.69, 9.17) is 9.47 Å². The lowest BCUT2D eigenvalue weighted by Crippen LogP contribution is -2.07. The average Bonchev–Trinajstić information content (AvgIpc) is 2.71. The Hall–Kier alpha value is -3.87. The molecule has 0 saturated heterocycles. The fourth-order valence-electron chi connectivity index (χ4n) is 2.49. The first-order chi connectivity index (χ1) is 14.1. The van der Waals surface area contributed by atoms with E-state index in [1.165, 1.54) is 6.08 Å². The van der Waals surface area contributed by atoms with E-state index in [1.54, 1.807) is 30.5 Å². The number of rotatable bonds is 8. The molecule has 29 heavy (non-hydrogen) atoms. The molecule has 0 aliphatic heterocycles. The van der Waals surface area contributed by atoms with Crippen LogP contribution in [0.25, 0.3) is 0 Å². The Kier molecular flexibility index (Phi) is 6.42. The van der Waals surface area contributed by atoms with Crippen molar-refractivity contribution in [2.45, 2.75) is 13.8 Å². The number of nitrogens with zero attached hydrogens (tertiary/aromatic N) is 2. The predicted molar refractivity (Wildman–Crippen MR) is 113 cm³/mol. The van der Waals surface area contributed by atoms with Crippen LogP contribution in [0.15, 0.2) is 67.4 Å². The molecule has 2 aromatic carbocycles. The van der Waals surface area contributed by atoms with Crippen molar-refractivity contribution in [1.29, 1.82) is 0 Å². The fraction of sp³-hybridized carbons (Fsp3) is 0.136. The quantitative estimate of drug-likeness (QED) is 0.535. The Labute approximate surface area is 169 Å². The molecule has 0 bridgehead atoms. The monoisotopic (exact) mass is 390 g/mol. The maximum atomic E-state index is 11.5. The molecule has 0 aliphatic rings. The van der Waals surface area contributed by atoms with E-state index in [2.05, 4.69) is 27.2 Å². The van der Waals surface area contributed by atoms with Crippen molar-refractivity contribution in [2.75, 3.05) is 17.2 Å². The number of ether oxygens (including phenoxy) is 2. The molecule has 3 aromatic rings. The highest BCUT2D eigenvalue weighted by Crippen LogP contribution is 2.27. The Morgan fingerprint density at radius 2 is 1.86 bits per heavy atom. The largest absolute Gasteiger partial charge is 0.494 e. The molecule has 1 amide bonds. The number of carbonyl (C=O) groups excluding carboxylic acids is 1. The van der Waals surface area contributed by atoms with Gasteiger partial charge >= 0.3 is 0 Å².